The maximum atomic E-state index is 9.96. The van der Waals surface area contributed by atoms with Gasteiger partial charge in [0, 0.05) is 31.4 Å². The molecule has 3 aromatic carbocycles. The van der Waals surface area contributed by atoms with Crippen molar-refractivity contribution in [2.75, 3.05) is 45.3 Å². The van der Waals surface area contributed by atoms with Gasteiger partial charge in [0.2, 0.25) is 0 Å². The van der Waals surface area contributed by atoms with Crippen LogP contribution >= 0.6 is 0 Å². The fourth-order valence-corrected chi connectivity index (χ4v) is 6.54. The Balaban J connectivity index is 1.34. The number of aryl methyl sites for hydroxylation is 1. The second kappa shape index (κ2) is 13.5. The van der Waals surface area contributed by atoms with Crippen LogP contribution in [0.3, 0.4) is 0 Å². The normalized spacial score (nSPS) is 17.6. The van der Waals surface area contributed by atoms with Gasteiger partial charge in [0.25, 0.3) is 0 Å². The first kappa shape index (κ1) is 28.4. The number of hydrogen-bond donors (Lipinski definition) is 1. The molecule has 0 saturated carbocycles. The molecule has 0 amide bonds. The van der Waals surface area contributed by atoms with Gasteiger partial charge in [-0.2, -0.15) is 0 Å². The maximum Gasteiger partial charge on any atom is 0.162 e. The number of benzene rings is 3. The Bertz CT molecular complexity index is 1250. The van der Waals surface area contributed by atoms with Crippen molar-refractivity contribution in [2.45, 2.75) is 70.8 Å². The van der Waals surface area contributed by atoms with E-state index >= 15 is 0 Å². The van der Waals surface area contributed by atoms with Crippen LogP contribution in [-0.4, -0.2) is 50.4 Å². The lowest BCUT2D eigenvalue weighted by atomic mass is 9.79. The van der Waals surface area contributed by atoms with Gasteiger partial charge in [-0.25, -0.2) is 0 Å². The fourth-order valence-electron chi connectivity index (χ4n) is 6.54. The van der Waals surface area contributed by atoms with Crippen molar-refractivity contribution in [3.8, 4) is 17.2 Å². The van der Waals surface area contributed by atoms with E-state index in [0.717, 1.165) is 50.3 Å². The molecule has 1 aliphatic carbocycles. The van der Waals surface area contributed by atoms with Gasteiger partial charge in [0.05, 0.1) is 14.2 Å². The zero-order valence-corrected chi connectivity index (χ0v) is 24.6. The number of fused-ring (bicyclic) bond motifs is 1. The van der Waals surface area contributed by atoms with Gasteiger partial charge in [-0.1, -0.05) is 43.2 Å². The van der Waals surface area contributed by atoms with E-state index in [4.69, 9.17) is 9.47 Å². The molecule has 5 nitrogen and oxygen atoms in total. The fraction of sp³-hybridized carbons (Fsp3) is 0.486. The van der Waals surface area contributed by atoms with Crippen LogP contribution in [-0.2, 0) is 25.8 Å². The number of anilines is 1. The summed E-state index contributed by atoms with van der Waals surface area (Å²) in [6, 6.07) is 19.5. The largest absolute Gasteiger partial charge is 0.508 e. The molecule has 1 fully saturated rings. The molecule has 5 heteroatoms. The summed E-state index contributed by atoms with van der Waals surface area (Å²) in [7, 11) is 3.43. The highest BCUT2D eigenvalue weighted by Gasteiger charge is 2.26. The number of nitrogens with zero attached hydrogens (tertiary/aromatic N) is 2. The standard InChI is InChI=1S/C35H46N2O3/c1-4-37(25-27-11-9-26(10-12-27)17-20-36-18-7-5-6-8-19-36)33-24-35(40-3)34(39-2)23-32(33)30-14-13-29-22-31(38)16-15-28(29)21-30/h9-12,15-16,22-24,30,38H,4-8,13-14,17-21,25H2,1-3H3/t30-/m1/s1. The summed E-state index contributed by atoms with van der Waals surface area (Å²) in [6.07, 6.45) is 9.57. The van der Waals surface area contributed by atoms with Crippen LogP contribution in [0.5, 0.6) is 17.2 Å². The minimum atomic E-state index is 0.356. The number of hydrogen-bond acceptors (Lipinski definition) is 5. The summed E-state index contributed by atoms with van der Waals surface area (Å²) in [5, 5.41) is 9.96. The number of phenols is 1. The third-order valence-corrected chi connectivity index (χ3v) is 8.93. The molecule has 214 valence electrons. The molecule has 1 aliphatic heterocycles. The zero-order valence-electron chi connectivity index (χ0n) is 24.6. The molecule has 1 saturated heterocycles. The molecule has 2 aliphatic rings. The van der Waals surface area contributed by atoms with Crippen LogP contribution in [0.1, 0.15) is 72.8 Å². The predicted molar refractivity (Wildman–Crippen MR) is 164 cm³/mol. The first-order chi connectivity index (χ1) is 19.6. The molecule has 0 aromatic heterocycles. The second-order valence-electron chi connectivity index (χ2n) is 11.5. The van der Waals surface area contributed by atoms with Crippen LogP contribution in [0.25, 0.3) is 0 Å². The van der Waals surface area contributed by atoms with Crippen molar-refractivity contribution >= 4 is 5.69 Å². The molecule has 1 heterocycles. The summed E-state index contributed by atoms with van der Waals surface area (Å²) in [5.41, 5.74) is 7.88. The van der Waals surface area contributed by atoms with E-state index in [9.17, 15) is 5.11 Å². The van der Waals surface area contributed by atoms with E-state index in [1.165, 1.54) is 78.8 Å². The summed E-state index contributed by atoms with van der Waals surface area (Å²) < 4.78 is 11.5. The first-order valence-electron chi connectivity index (χ1n) is 15.2. The number of methoxy groups -OCH3 is 2. The van der Waals surface area contributed by atoms with Crippen LogP contribution in [0.2, 0.25) is 0 Å². The van der Waals surface area contributed by atoms with Gasteiger partial charge in [-0.15, -0.1) is 0 Å². The SMILES string of the molecule is CCN(Cc1ccc(CCN2CCCCCC2)cc1)c1cc(OC)c(OC)cc1[C@@H]1CCc2cc(O)ccc2C1. The molecule has 5 rings (SSSR count). The lowest BCUT2D eigenvalue weighted by Crippen LogP contribution is -2.27. The van der Waals surface area contributed by atoms with Crippen molar-refractivity contribution < 1.29 is 14.6 Å². The van der Waals surface area contributed by atoms with Crippen LogP contribution in [0.15, 0.2) is 54.6 Å². The number of likely N-dealkylation sites (tertiary alicyclic amines) is 1. The number of aromatic hydroxyl groups is 1. The van der Waals surface area contributed by atoms with Crippen molar-refractivity contribution in [3.05, 3.63) is 82.4 Å². The molecular formula is C35H46N2O3. The Morgan fingerprint density at radius 3 is 2.25 bits per heavy atom. The summed E-state index contributed by atoms with van der Waals surface area (Å²) >= 11 is 0. The van der Waals surface area contributed by atoms with E-state index < -0.39 is 0 Å². The number of rotatable bonds is 10. The highest BCUT2D eigenvalue weighted by molar-refractivity contribution is 5.64. The Morgan fingerprint density at radius 2 is 1.55 bits per heavy atom. The predicted octanol–water partition coefficient (Wildman–Crippen LogP) is 7.13. The van der Waals surface area contributed by atoms with Crippen LogP contribution < -0.4 is 14.4 Å². The average molecular weight is 543 g/mol. The number of phenolic OH excluding ortho intramolecular Hbond substituents is 1. The molecule has 0 radical (unpaired) electrons. The van der Waals surface area contributed by atoms with Crippen molar-refractivity contribution in [1.29, 1.82) is 0 Å². The van der Waals surface area contributed by atoms with E-state index in [1.54, 1.807) is 14.2 Å². The van der Waals surface area contributed by atoms with E-state index in [2.05, 4.69) is 59.2 Å². The molecule has 1 atom stereocenters. The third-order valence-electron chi connectivity index (χ3n) is 8.93. The molecular weight excluding hydrogens is 496 g/mol. The summed E-state index contributed by atoms with van der Waals surface area (Å²) in [5.74, 6) is 2.28. The molecule has 40 heavy (non-hydrogen) atoms. The Morgan fingerprint density at radius 1 is 0.850 bits per heavy atom. The monoisotopic (exact) mass is 542 g/mol. The van der Waals surface area contributed by atoms with Crippen molar-refractivity contribution in [2.24, 2.45) is 0 Å². The van der Waals surface area contributed by atoms with Gasteiger partial charge in [-0.05, 0) is 110 Å². The molecule has 0 unspecified atom stereocenters. The van der Waals surface area contributed by atoms with Gasteiger partial charge in [-0.3, -0.25) is 0 Å². The second-order valence-corrected chi connectivity index (χ2v) is 11.5. The molecule has 0 bridgehead atoms. The topological polar surface area (TPSA) is 45.2 Å². The van der Waals surface area contributed by atoms with Crippen molar-refractivity contribution in [1.82, 2.24) is 4.90 Å². The van der Waals surface area contributed by atoms with Gasteiger partial charge in [0.15, 0.2) is 11.5 Å². The third kappa shape index (κ3) is 6.75. The Hall–Kier alpha value is -3.18. The quantitative estimate of drug-likeness (QED) is 0.295. The lowest BCUT2D eigenvalue weighted by molar-refractivity contribution is 0.289. The molecule has 0 spiro atoms. The highest BCUT2D eigenvalue weighted by atomic mass is 16.5. The number of ether oxygens (including phenoxy) is 2. The minimum Gasteiger partial charge on any atom is -0.508 e. The smallest absolute Gasteiger partial charge is 0.162 e. The van der Waals surface area contributed by atoms with E-state index in [-0.39, 0.29) is 0 Å². The van der Waals surface area contributed by atoms with E-state index in [1.807, 2.05) is 12.1 Å². The van der Waals surface area contributed by atoms with Gasteiger partial charge >= 0.3 is 0 Å². The highest BCUT2D eigenvalue weighted by Crippen LogP contribution is 2.43. The summed E-state index contributed by atoms with van der Waals surface area (Å²) in [6.45, 7) is 7.66. The maximum absolute atomic E-state index is 9.96. The van der Waals surface area contributed by atoms with E-state index in [0.29, 0.717) is 11.7 Å². The van der Waals surface area contributed by atoms with Crippen LogP contribution in [0, 0.1) is 0 Å². The molecule has 3 aromatic rings. The first-order valence-corrected chi connectivity index (χ1v) is 15.2. The van der Waals surface area contributed by atoms with Gasteiger partial charge < -0.3 is 24.4 Å². The van der Waals surface area contributed by atoms with Crippen molar-refractivity contribution in [3.63, 3.8) is 0 Å². The lowest BCUT2D eigenvalue weighted by Gasteiger charge is -2.32. The van der Waals surface area contributed by atoms with Gasteiger partial charge in [0.1, 0.15) is 5.75 Å². The Kier molecular flexibility index (Phi) is 9.53. The zero-order chi connectivity index (χ0) is 27.9. The Labute approximate surface area is 240 Å². The average Bonchev–Trinajstić information content (AvgIpc) is 3.27. The summed E-state index contributed by atoms with van der Waals surface area (Å²) in [4.78, 5) is 5.11. The minimum absolute atomic E-state index is 0.356. The molecule has 1 N–H and O–H groups in total. The van der Waals surface area contributed by atoms with Crippen LogP contribution in [0.4, 0.5) is 5.69 Å².